The third kappa shape index (κ3) is 4.90. The van der Waals surface area contributed by atoms with Crippen LogP contribution >= 0.6 is 11.6 Å². The van der Waals surface area contributed by atoms with E-state index in [0.717, 1.165) is 36.9 Å². The predicted molar refractivity (Wildman–Crippen MR) is 103 cm³/mol. The largest absolute Gasteiger partial charge is 0.465 e. The molecule has 6 nitrogen and oxygen atoms in total. The first-order valence-corrected chi connectivity index (χ1v) is 9.42. The van der Waals surface area contributed by atoms with Crippen LogP contribution in [0.15, 0.2) is 34.7 Å². The van der Waals surface area contributed by atoms with Gasteiger partial charge < -0.3 is 19.2 Å². The molecule has 1 atom stereocenters. The van der Waals surface area contributed by atoms with Crippen molar-refractivity contribution in [1.82, 2.24) is 10.2 Å². The lowest BCUT2D eigenvalue weighted by molar-refractivity contribution is 0.0160. The van der Waals surface area contributed by atoms with Crippen LogP contribution in [-0.2, 0) is 16.0 Å². The minimum absolute atomic E-state index is 0.138. The number of aryl methyl sites for hydroxylation is 1. The van der Waals surface area contributed by atoms with E-state index >= 15 is 0 Å². The molecule has 2 aromatic rings. The molecule has 27 heavy (non-hydrogen) atoms. The molecule has 146 valence electrons. The van der Waals surface area contributed by atoms with E-state index in [1.54, 1.807) is 13.0 Å². The van der Waals surface area contributed by atoms with Gasteiger partial charge in [-0.15, -0.1) is 0 Å². The maximum Gasteiger partial charge on any atom is 0.341 e. The highest BCUT2D eigenvalue weighted by molar-refractivity contribution is 6.31. The normalized spacial score (nSPS) is 16.3. The number of hydrogen-bond donors (Lipinski definition) is 1. The third-order valence-corrected chi connectivity index (χ3v) is 5.11. The number of ether oxygens (including phenoxy) is 2. The highest BCUT2D eigenvalue weighted by Gasteiger charge is 2.24. The summed E-state index contributed by atoms with van der Waals surface area (Å²) in [7, 11) is 1.36. The molecule has 0 aliphatic carbocycles. The van der Waals surface area contributed by atoms with E-state index in [4.69, 9.17) is 25.5 Å². The van der Waals surface area contributed by atoms with Gasteiger partial charge in [0.2, 0.25) is 0 Å². The van der Waals surface area contributed by atoms with Crippen LogP contribution < -0.4 is 5.32 Å². The number of esters is 1. The average molecular weight is 393 g/mol. The van der Waals surface area contributed by atoms with Gasteiger partial charge in [-0.25, -0.2) is 4.79 Å². The summed E-state index contributed by atoms with van der Waals surface area (Å²) < 4.78 is 15.9. The Morgan fingerprint density at radius 3 is 2.78 bits per heavy atom. The summed E-state index contributed by atoms with van der Waals surface area (Å²) >= 11 is 6.45. The van der Waals surface area contributed by atoms with Gasteiger partial charge in [-0.2, -0.15) is 0 Å². The molecule has 0 spiro atoms. The summed E-state index contributed by atoms with van der Waals surface area (Å²) in [6.45, 7) is 6.16. The lowest BCUT2D eigenvalue weighted by atomic mass is 10.0. The van der Waals surface area contributed by atoms with Gasteiger partial charge in [0.25, 0.3) is 0 Å². The Labute approximate surface area is 164 Å². The van der Waals surface area contributed by atoms with E-state index in [2.05, 4.69) is 16.3 Å². The summed E-state index contributed by atoms with van der Waals surface area (Å²) in [6.07, 6.45) is 0. The van der Waals surface area contributed by atoms with Crippen LogP contribution in [0.25, 0.3) is 0 Å². The zero-order valence-electron chi connectivity index (χ0n) is 15.7. The van der Waals surface area contributed by atoms with Crippen LogP contribution in [0.3, 0.4) is 0 Å². The number of morpholine rings is 1. The fourth-order valence-corrected chi connectivity index (χ4v) is 3.61. The van der Waals surface area contributed by atoms with Gasteiger partial charge in [0.1, 0.15) is 17.1 Å². The zero-order chi connectivity index (χ0) is 19.2. The summed E-state index contributed by atoms with van der Waals surface area (Å²) in [4.78, 5) is 14.1. The van der Waals surface area contributed by atoms with Gasteiger partial charge in [0, 0.05) is 30.7 Å². The maximum atomic E-state index is 11.7. The van der Waals surface area contributed by atoms with Crippen molar-refractivity contribution in [2.45, 2.75) is 19.5 Å². The fourth-order valence-electron chi connectivity index (χ4n) is 3.35. The van der Waals surface area contributed by atoms with Crippen molar-refractivity contribution < 1.29 is 18.7 Å². The Kier molecular flexibility index (Phi) is 6.90. The highest BCUT2D eigenvalue weighted by atomic mass is 35.5. The zero-order valence-corrected chi connectivity index (χ0v) is 16.4. The van der Waals surface area contributed by atoms with E-state index in [0.29, 0.717) is 30.2 Å². The van der Waals surface area contributed by atoms with Crippen molar-refractivity contribution >= 4 is 17.6 Å². The van der Waals surface area contributed by atoms with Gasteiger partial charge in [0.05, 0.1) is 26.9 Å². The summed E-state index contributed by atoms with van der Waals surface area (Å²) in [6, 6.07) is 9.80. The minimum atomic E-state index is -0.384. The molecule has 1 saturated heterocycles. The van der Waals surface area contributed by atoms with Crippen molar-refractivity contribution in [1.29, 1.82) is 0 Å². The van der Waals surface area contributed by atoms with E-state index in [-0.39, 0.29) is 12.0 Å². The number of methoxy groups -OCH3 is 1. The quantitative estimate of drug-likeness (QED) is 0.730. The molecular formula is C20H25ClN2O4. The molecule has 1 N–H and O–H groups in total. The van der Waals surface area contributed by atoms with E-state index in [1.165, 1.54) is 7.11 Å². The third-order valence-electron chi connectivity index (χ3n) is 4.76. The number of halogens is 1. The molecular weight excluding hydrogens is 368 g/mol. The molecule has 0 amide bonds. The molecule has 1 aromatic heterocycles. The summed E-state index contributed by atoms with van der Waals surface area (Å²) in [5.74, 6) is 0.882. The predicted octanol–water partition coefficient (Wildman–Crippen LogP) is 3.19. The lowest BCUT2D eigenvalue weighted by Crippen LogP contribution is -2.42. The number of nitrogens with one attached hydrogen (secondary N) is 1. The van der Waals surface area contributed by atoms with Gasteiger partial charge in [-0.3, -0.25) is 4.90 Å². The summed E-state index contributed by atoms with van der Waals surface area (Å²) in [5, 5.41) is 4.20. The van der Waals surface area contributed by atoms with E-state index in [1.807, 2.05) is 18.2 Å². The highest BCUT2D eigenvalue weighted by Crippen LogP contribution is 2.28. The smallest absolute Gasteiger partial charge is 0.341 e. The Hall–Kier alpha value is -1.86. The Bertz CT molecular complexity index is 771. The van der Waals surface area contributed by atoms with Crippen molar-refractivity contribution in [3.8, 4) is 0 Å². The number of carbonyl (C=O) groups is 1. The van der Waals surface area contributed by atoms with Gasteiger partial charge in [-0.1, -0.05) is 29.8 Å². The molecule has 0 radical (unpaired) electrons. The second-order valence-electron chi connectivity index (χ2n) is 6.49. The van der Waals surface area contributed by atoms with Gasteiger partial charge in [0.15, 0.2) is 0 Å². The Balaban J connectivity index is 1.68. The Morgan fingerprint density at radius 2 is 2.07 bits per heavy atom. The SMILES string of the molecule is COC(=O)c1cc(CNCC(c2ccccc2Cl)N2CCOCC2)oc1C. The molecule has 3 rings (SSSR count). The first kappa shape index (κ1) is 19.9. The van der Waals surface area contributed by atoms with Gasteiger partial charge in [-0.05, 0) is 24.6 Å². The van der Waals surface area contributed by atoms with Crippen LogP contribution in [0.1, 0.15) is 33.5 Å². The van der Waals surface area contributed by atoms with Crippen molar-refractivity contribution in [2.24, 2.45) is 0 Å². The molecule has 2 heterocycles. The second-order valence-corrected chi connectivity index (χ2v) is 6.90. The van der Waals surface area contributed by atoms with Crippen LogP contribution in [0.2, 0.25) is 5.02 Å². The molecule has 1 unspecified atom stereocenters. The minimum Gasteiger partial charge on any atom is -0.465 e. The van der Waals surface area contributed by atoms with Crippen LogP contribution in [0, 0.1) is 6.92 Å². The van der Waals surface area contributed by atoms with Gasteiger partial charge >= 0.3 is 5.97 Å². The molecule has 1 fully saturated rings. The number of benzene rings is 1. The first-order chi connectivity index (χ1) is 13.1. The standard InChI is InChI=1S/C20H25ClN2O4/c1-14-17(20(24)25-2)11-15(27-14)12-22-13-19(23-7-9-26-10-8-23)16-5-3-4-6-18(16)21/h3-6,11,19,22H,7-10,12-13H2,1-2H3. The molecule has 0 saturated carbocycles. The van der Waals surface area contributed by atoms with E-state index < -0.39 is 0 Å². The van der Waals surface area contributed by atoms with Crippen LogP contribution in [0.5, 0.6) is 0 Å². The number of furan rings is 1. The molecule has 0 bridgehead atoms. The molecule has 1 aromatic carbocycles. The second kappa shape index (κ2) is 9.37. The van der Waals surface area contributed by atoms with E-state index in [9.17, 15) is 4.79 Å². The number of carbonyl (C=O) groups excluding carboxylic acids is 1. The van der Waals surface area contributed by atoms with Crippen molar-refractivity contribution in [2.75, 3.05) is 40.0 Å². The Morgan fingerprint density at radius 1 is 1.33 bits per heavy atom. The number of rotatable bonds is 7. The molecule has 7 heteroatoms. The van der Waals surface area contributed by atoms with Crippen LogP contribution in [0.4, 0.5) is 0 Å². The molecule has 1 aliphatic rings. The monoisotopic (exact) mass is 392 g/mol. The topological polar surface area (TPSA) is 63.9 Å². The number of nitrogens with zero attached hydrogens (tertiary/aromatic N) is 1. The fraction of sp³-hybridized carbons (Fsp3) is 0.450. The van der Waals surface area contributed by atoms with Crippen LogP contribution in [-0.4, -0.2) is 50.8 Å². The van der Waals surface area contributed by atoms with Crippen molar-refractivity contribution in [3.05, 3.63) is 58.0 Å². The van der Waals surface area contributed by atoms with Crippen molar-refractivity contribution in [3.63, 3.8) is 0 Å². The number of hydrogen-bond acceptors (Lipinski definition) is 6. The first-order valence-electron chi connectivity index (χ1n) is 9.04. The average Bonchev–Trinajstić information content (AvgIpc) is 3.06. The maximum absolute atomic E-state index is 11.7. The lowest BCUT2D eigenvalue weighted by Gasteiger charge is -2.35. The summed E-state index contributed by atoms with van der Waals surface area (Å²) in [5.41, 5.74) is 1.56. The molecule has 1 aliphatic heterocycles.